The van der Waals surface area contributed by atoms with Gasteiger partial charge in [-0.05, 0) is 37.0 Å². The molecule has 20 heavy (non-hydrogen) atoms. The van der Waals surface area contributed by atoms with Crippen LogP contribution in [0.25, 0.3) is 0 Å². The first-order chi connectivity index (χ1) is 9.69. The third-order valence-corrected chi connectivity index (χ3v) is 5.18. The van der Waals surface area contributed by atoms with Crippen molar-refractivity contribution in [1.29, 1.82) is 0 Å². The first kappa shape index (κ1) is 13.7. The van der Waals surface area contributed by atoms with Crippen LogP contribution in [0, 0.1) is 5.41 Å². The van der Waals surface area contributed by atoms with Crippen LogP contribution in [0.3, 0.4) is 0 Å². The lowest BCUT2D eigenvalue weighted by atomic mass is 9.62. The van der Waals surface area contributed by atoms with E-state index in [0.29, 0.717) is 0 Å². The molecule has 2 fully saturated rings. The predicted molar refractivity (Wildman–Crippen MR) is 78.3 cm³/mol. The molecule has 3 heteroatoms. The number of rotatable bonds is 4. The molecule has 3 nitrogen and oxygen atoms in total. The van der Waals surface area contributed by atoms with Gasteiger partial charge in [0.15, 0.2) is 11.5 Å². The highest BCUT2D eigenvalue weighted by atomic mass is 16.5. The molecule has 0 heterocycles. The Morgan fingerprint density at radius 2 is 2.00 bits per heavy atom. The third kappa shape index (κ3) is 2.08. The van der Waals surface area contributed by atoms with Crippen LogP contribution in [0.1, 0.15) is 44.6 Å². The van der Waals surface area contributed by atoms with E-state index in [4.69, 9.17) is 9.47 Å². The van der Waals surface area contributed by atoms with E-state index in [2.05, 4.69) is 13.0 Å². The zero-order chi connectivity index (χ0) is 14.2. The van der Waals surface area contributed by atoms with Crippen molar-refractivity contribution in [2.24, 2.45) is 5.41 Å². The second-order valence-corrected chi connectivity index (χ2v) is 6.14. The third-order valence-electron chi connectivity index (χ3n) is 5.18. The Morgan fingerprint density at radius 1 is 1.25 bits per heavy atom. The van der Waals surface area contributed by atoms with Crippen molar-refractivity contribution in [3.05, 3.63) is 23.8 Å². The molecule has 1 aromatic carbocycles. The summed E-state index contributed by atoms with van der Waals surface area (Å²) < 4.78 is 11.6. The summed E-state index contributed by atoms with van der Waals surface area (Å²) in [5.74, 6) is 1.62. The Morgan fingerprint density at radius 3 is 2.60 bits per heavy atom. The summed E-state index contributed by atoms with van der Waals surface area (Å²) in [6, 6.07) is 6.14. The standard InChI is InChI=1S/C17H24O3/c1-3-12-6-7-13(14(10-12)19-2)20-16-11-15(18)17(16)8-4-5-9-17/h6-7,10,15-16,18H,3-5,8-9,11H2,1-2H3. The highest BCUT2D eigenvalue weighted by Gasteiger charge is 2.57. The van der Waals surface area contributed by atoms with E-state index in [1.165, 1.54) is 18.4 Å². The summed E-state index contributed by atoms with van der Waals surface area (Å²) in [5.41, 5.74) is 1.26. The maximum atomic E-state index is 10.1. The van der Waals surface area contributed by atoms with Crippen LogP contribution in [0.5, 0.6) is 11.5 Å². The van der Waals surface area contributed by atoms with Gasteiger partial charge >= 0.3 is 0 Å². The van der Waals surface area contributed by atoms with Crippen LogP contribution in [0.15, 0.2) is 18.2 Å². The molecule has 1 spiro atoms. The van der Waals surface area contributed by atoms with E-state index in [1.807, 2.05) is 12.1 Å². The Labute approximate surface area is 120 Å². The molecular formula is C17H24O3. The van der Waals surface area contributed by atoms with Gasteiger partial charge in [-0.3, -0.25) is 0 Å². The average molecular weight is 276 g/mol. The van der Waals surface area contributed by atoms with Crippen molar-refractivity contribution < 1.29 is 14.6 Å². The van der Waals surface area contributed by atoms with Crippen LogP contribution in [0.4, 0.5) is 0 Å². The first-order valence-electron chi connectivity index (χ1n) is 7.71. The molecule has 1 N–H and O–H groups in total. The smallest absolute Gasteiger partial charge is 0.161 e. The summed E-state index contributed by atoms with van der Waals surface area (Å²) in [6.45, 7) is 2.13. The van der Waals surface area contributed by atoms with E-state index < -0.39 is 0 Å². The van der Waals surface area contributed by atoms with E-state index in [-0.39, 0.29) is 17.6 Å². The minimum atomic E-state index is -0.184. The van der Waals surface area contributed by atoms with Crippen LogP contribution in [-0.2, 0) is 6.42 Å². The minimum Gasteiger partial charge on any atom is -0.493 e. The molecule has 1 aromatic rings. The van der Waals surface area contributed by atoms with Crippen molar-refractivity contribution in [2.45, 2.75) is 57.7 Å². The molecule has 0 saturated heterocycles. The van der Waals surface area contributed by atoms with E-state index in [1.54, 1.807) is 7.11 Å². The van der Waals surface area contributed by atoms with Crippen molar-refractivity contribution >= 4 is 0 Å². The maximum absolute atomic E-state index is 10.1. The van der Waals surface area contributed by atoms with Crippen molar-refractivity contribution in [3.63, 3.8) is 0 Å². The molecule has 2 atom stereocenters. The second-order valence-electron chi connectivity index (χ2n) is 6.14. The van der Waals surface area contributed by atoms with Crippen LogP contribution < -0.4 is 9.47 Å². The number of methoxy groups -OCH3 is 1. The molecule has 0 amide bonds. The molecule has 3 rings (SSSR count). The summed E-state index contributed by atoms with van der Waals surface area (Å²) in [5, 5.41) is 10.1. The Kier molecular flexibility index (Phi) is 3.63. The Bertz CT molecular complexity index is 477. The fourth-order valence-corrected chi connectivity index (χ4v) is 3.76. The van der Waals surface area contributed by atoms with E-state index in [9.17, 15) is 5.11 Å². The Balaban J connectivity index is 1.78. The van der Waals surface area contributed by atoms with Gasteiger partial charge in [0, 0.05) is 11.8 Å². The summed E-state index contributed by atoms with van der Waals surface area (Å²) in [6.07, 6.45) is 6.30. The molecule has 0 aliphatic heterocycles. The minimum absolute atomic E-state index is 0.00837. The maximum Gasteiger partial charge on any atom is 0.161 e. The van der Waals surface area contributed by atoms with Crippen molar-refractivity contribution in [2.75, 3.05) is 7.11 Å². The van der Waals surface area contributed by atoms with Gasteiger partial charge in [-0.25, -0.2) is 0 Å². The van der Waals surface area contributed by atoms with E-state index in [0.717, 1.165) is 37.2 Å². The van der Waals surface area contributed by atoms with Gasteiger partial charge in [-0.15, -0.1) is 0 Å². The number of aliphatic hydroxyl groups is 1. The zero-order valence-corrected chi connectivity index (χ0v) is 12.4. The predicted octanol–water partition coefficient (Wildman–Crippen LogP) is 3.33. The van der Waals surface area contributed by atoms with E-state index >= 15 is 0 Å². The fourth-order valence-electron chi connectivity index (χ4n) is 3.76. The van der Waals surface area contributed by atoms with Gasteiger partial charge in [-0.2, -0.15) is 0 Å². The number of aliphatic hydroxyl groups excluding tert-OH is 1. The first-order valence-corrected chi connectivity index (χ1v) is 7.71. The highest BCUT2D eigenvalue weighted by molar-refractivity contribution is 5.43. The quantitative estimate of drug-likeness (QED) is 0.916. The van der Waals surface area contributed by atoms with Gasteiger partial charge in [-0.1, -0.05) is 25.8 Å². The number of ether oxygens (including phenoxy) is 2. The molecule has 110 valence electrons. The lowest BCUT2D eigenvalue weighted by Gasteiger charge is -2.51. The van der Waals surface area contributed by atoms with Crippen LogP contribution in [-0.4, -0.2) is 24.4 Å². The van der Waals surface area contributed by atoms with Crippen molar-refractivity contribution in [3.8, 4) is 11.5 Å². The highest BCUT2D eigenvalue weighted by Crippen LogP contribution is 2.55. The SMILES string of the molecule is CCc1ccc(OC2CC(O)C23CCCC3)c(OC)c1. The normalized spacial score (nSPS) is 27.4. The Hall–Kier alpha value is -1.22. The van der Waals surface area contributed by atoms with Gasteiger partial charge in [0.05, 0.1) is 13.2 Å². The summed E-state index contributed by atoms with van der Waals surface area (Å²) >= 11 is 0. The molecule has 2 unspecified atom stereocenters. The van der Waals surface area contributed by atoms with Crippen LogP contribution in [0.2, 0.25) is 0 Å². The van der Waals surface area contributed by atoms with Crippen molar-refractivity contribution in [1.82, 2.24) is 0 Å². The lowest BCUT2D eigenvalue weighted by Crippen LogP contribution is -2.58. The fraction of sp³-hybridized carbons (Fsp3) is 0.647. The average Bonchev–Trinajstić information content (AvgIpc) is 3.00. The van der Waals surface area contributed by atoms with Crippen LogP contribution >= 0.6 is 0 Å². The van der Waals surface area contributed by atoms with Gasteiger partial charge in [0.1, 0.15) is 6.10 Å². The lowest BCUT2D eigenvalue weighted by molar-refractivity contribution is -0.152. The molecule has 0 bridgehead atoms. The number of benzene rings is 1. The zero-order valence-electron chi connectivity index (χ0n) is 12.4. The number of aryl methyl sites for hydroxylation is 1. The molecule has 0 aromatic heterocycles. The molecule has 2 aliphatic rings. The number of hydrogen-bond donors (Lipinski definition) is 1. The molecule has 0 radical (unpaired) electrons. The van der Waals surface area contributed by atoms with Gasteiger partial charge in [0.25, 0.3) is 0 Å². The van der Waals surface area contributed by atoms with Gasteiger partial charge in [0.2, 0.25) is 0 Å². The summed E-state index contributed by atoms with van der Waals surface area (Å²) in [4.78, 5) is 0. The second kappa shape index (κ2) is 5.28. The molecule has 2 saturated carbocycles. The summed E-state index contributed by atoms with van der Waals surface area (Å²) in [7, 11) is 1.68. The largest absolute Gasteiger partial charge is 0.493 e. The number of hydrogen-bond acceptors (Lipinski definition) is 3. The monoisotopic (exact) mass is 276 g/mol. The topological polar surface area (TPSA) is 38.7 Å². The molecular weight excluding hydrogens is 252 g/mol. The van der Waals surface area contributed by atoms with Gasteiger partial charge < -0.3 is 14.6 Å². The molecule has 2 aliphatic carbocycles.